The average molecular weight is 530 g/mol. The molecule has 4 rings (SSSR count). The zero-order chi connectivity index (χ0) is 26.2. The van der Waals surface area contributed by atoms with Crippen LogP contribution in [-0.4, -0.2) is 60.6 Å². The largest absolute Gasteiger partial charge is 0.469 e. The highest BCUT2D eigenvalue weighted by molar-refractivity contribution is 7.90. The molecule has 3 aromatic rings. The first-order chi connectivity index (χ1) is 17.0. The summed E-state index contributed by atoms with van der Waals surface area (Å²) in [5.74, 6) is -0.557. The molecule has 0 bridgehead atoms. The third-order valence-corrected chi connectivity index (χ3v) is 7.87. The van der Waals surface area contributed by atoms with E-state index < -0.39 is 15.6 Å². The third kappa shape index (κ3) is 5.38. The highest BCUT2D eigenvalue weighted by Crippen LogP contribution is 2.35. The van der Waals surface area contributed by atoms with Crippen LogP contribution in [0.4, 0.5) is 0 Å². The molecule has 1 fully saturated rings. The predicted octanol–water partition coefficient (Wildman–Crippen LogP) is 3.87. The minimum Gasteiger partial charge on any atom is -0.469 e. The molecule has 1 aliphatic rings. The molecule has 0 atom stereocenters. The molecule has 1 saturated carbocycles. The highest BCUT2D eigenvalue weighted by atomic mass is 35.5. The fourth-order valence-corrected chi connectivity index (χ4v) is 5.50. The second-order valence-corrected chi connectivity index (χ2v) is 11.5. The van der Waals surface area contributed by atoms with E-state index in [4.69, 9.17) is 16.3 Å². The molecule has 1 aromatic heterocycles. The minimum absolute atomic E-state index is 0.0880. The van der Waals surface area contributed by atoms with Crippen molar-refractivity contribution in [2.24, 2.45) is 7.05 Å². The van der Waals surface area contributed by atoms with Gasteiger partial charge in [-0.15, -0.1) is 0 Å². The molecule has 0 saturated heterocycles. The molecule has 0 amide bonds. The van der Waals surface area contributed by atoms with Crippen molar-refractivity contribution in [2.75, 3.05) is 19.9 Å². The summed E-state index contributed by atoms with van der Waals surface area (Å²) in [5.41, 5.74) is 1.62. The monoisotopic (exact) mass is 529 g/mol. The number of aryl methyl sites for hydroxylation is 2. The summed E-state index contributed by atoms with van der Waals surface area (Å²) in [6.45, 7) is 1.69. The first-order valence-corrected chi connectivity index (χ1v) is 13.8. The molecule has 10 heteroatoms. The molecule has 8 nitrogen and oxygen atoms in total. The highest BCUT2D eigenvalue weighted by Gasteiger charge is 2.31. The standard InChI is InChI=1S/C26H28ClN3O5S/c1-16-23(26(30(3)28-16)35-15-21(31)17-8-6-5-7-9-17)25(32)19-12-13-22(36(4,33)34)20(24(19)27)14-29(2)18-10-11-18/h5-9,12-13,18H,10-11,14-15H2,1-4H3. The average Bonchev–Trinajstić information content (AvgIpc) is 3.63. The Morgan fingerprint density at radius 1 is 1.17 bits per heavy atom. The van der Waals surface area contributed by atoms with Gasteiger partial charge in [0.2, 0.25) is 11.7 Å². The molecular formula is C26H28ClN3O5S. The van der Waals surface area contributed by atoms with E-state index >= 15 is 0 Å². The Balaban J connectivity index is 1.69. The number of sulfone groups is 1. The van der Waals surface area contributed by atoms with E-state index in [1.54, 1.807) is 38.2 Å². The third-order valence-electron chi connectivity index (χ3n) is 6.25. The maximum absolute atomic E-state index is 13.7. The number of aromatic nitrogens is 2. The first-order valence-electron chi connectivity index (χ1n) is 11.5. The smallest absolute Gasteiger partial charge is 0.223 e. The maximum Gasteiger partial charge on any atom is 0.223 e. The number of carbonyl (C=O) groups is 2. The van der Waals surface area contributed by atoms with Crippen LogP contribution in [0.25, 0.3) is 0 Å². The molecule has 0 unspecified atom stereocenters. The summed E-state index contributed by atoms with van der Waals surface area (Å²) < 4.78 is 32.1. The number of hydrogen-bond acceptors (Lipinski definition) is 7. The van der Waals surface area contributed by atoms with Crippen LogP contribution in [-0.2, 0) is 23.4 Å². The van der Waals surface area contributed by atoms with Crippen molar-refractivity contribution in [3.05, 3.63) is 75.4 Å². The van der Waals surface area contributed by atoms with Gasteiger partial charge in [0.05, 0.1) is 15.6 Å². The van der Waals surface area contributed by atoms with Crippen molar-refractivity contribution in [3.63, 3.8) is 0 Å². The van der Waals surface area contributed by atoms with Gasteiger partial charge in [-0.2, -0.15) is 5.10 Å². The van der Waals surface area contributed by atoms with Crippen LogP contribution in [0.1, 0.15) is 50.4 Å². The molecule has 0 aliphatic heterocycles. The summed E-state index contributed by atoms with van der Waals surface area (Å²) in [5, 5.41) is 4.40. The lowest BCUT2D eigenvalue weighted by molar-refractivity contribution is 0.0908. The van der Waals surface area contributed by atoms with Crippen LogP contribution < -0.4 is 4.74 Å². The van der Waals surface area contributed by atoms with Crippen LogP contribution in [0.3, 0.4) is 0 Å². The number of rotatable bonds is 10. The lowest BCUT2D eigenvalue weighted by Gasteiger charge is -2.20. The van der Waals surface area contributed by atoms with Gasteiger partial charge < -0.3 is 4.74 Å². The zero-order valence-electron chi connectivity index (χ0n) is 20.6. The number of ether oxygens (including phenoxy) is 1. The van der Waals surface area contributed by atoms with Crippen molar-refractivity contribution in [3.8, 4) is 5.88 Å². The van der Waals surface area contributed by atoms with E-state index in [1.807, 2.05) is 18.0 Å². The lowest BCUT2D eigenvalue weighted by Crippen LogP contribution is -2.22. The molecule has 36 heavy (non-hydrogen) atoms. The van der Waals surface area contributed by atoms with Gasteiger partial charge >= 0.3 is 0 Å². The summed E-state index contributed by atoms with van der Waals surface area (Å²) in [7, 11) is -0.0380. The zero-order valence-corrected chi connectivity index (χ0v) is 22.2. The molecule has 0 N–H and O–H groups in total. The topological polar surface area (TPSA) is 98.6 Å². The number of benzene rings is 2. The van der Waals surface area contributed by atoms with Gasteiger partial charge in [0.25, 0.3) is 0 Å². The van der Waals surface area contributed by atoms with Crippen molar-refractivity contribution in [1.82, 2.24) is 14.7 Å². The predicted molar refractivity (Wildman–Crippen MR) is 137 cm³/mol. The normalized spacial score (nSPS) is 13.7. The fourth-order valence-electron chi connectivity index (χ4n) is 4.21. The van der Waals surface area contributed by atoms with Crippen molar-refractivity contribution < 1.29 is 22.7 Å². The van der Waals surface area contributed by atoms with Crippen molar-refractivity contribution >= 4 is 33.0 Å². The number of hydrogen-bond donors (Lipinski definition) is 0. The van der Waals surface area contributed by atoms with Crippen molar-refractivity contribution in [2.45, 2.75) is 37.2 Å². The van der Waals surface area contributed by atoms with Gasteiger partial charge in [-0.05, 0) is 38.9 Å². The Kier molecular flexibility index (Phi) is 7.36. The van der Waals surface area contributed by atoms with Crippen LogP contribution in [0.2, 0.25) is 5.02 Å². The lowest BCUT2D eigenvalue weighted by atomic mass is 10.0. The minimum atomic E-state index is -3.57. The Bertz CT molecular complexity index is 1430. The van der Waals surface area contributed by atoms with Crippen LogP contribution in [0, 0.1) is 6.92 Å². The Morgan fingerprint density at radius 3 is 2.44 bits per heavy atom. The quantitative estimate of drug-likeness (QED) is 0.368. The Hall–Kier alpha value is -3.01. The number of nitrogens with zero attached hydrogens (tertiary/aromatic N) is 3. The van der Waals surface area contributed by atoms with Crippen LogP contribution in [0.15, 0.2) is 47.4 Å². The number of carbonyl (C=O) groups excluding carboxylic acids is 2. The van der Waals surface area contributed by atoms with Crippen LogP contribution in [0.5, 0.6) is 5.88 Å². The van der Waals surface area contributed by atoms with E-state index in [2.05, 4.69) is 5.10 Å². The molecule has 2 aromatic carbocycles. The van der Waals surface area contributed by atoms with Gasteiger partial charge in [0.1, 0.15) is 5.56 Å². The molecule has 1 aliphatic carbocycles. The van der Waals surface area contributed by atoms with Gasteiger partial charge in [-0.1, -0.05) is 41.9 Å². The molecule has 1 heterocycles. The molecule has 190 valence electrons. The van der Waals surface area contributed by atoms with E-state index in [1.165, 1.54) is 16.8 Å². The van der Waals surface area contributed by atoms with E-state index in [0.717, 1.165) is 19.1 Å². The fraction of sp³-hybridized carbons (Fsp3) is 0.346. The number of halogens is 1. The van der Waals surface area contributed by atoms with Gasteiger partial charge in [0, 0.05) is 42.6 Å². The summed E-state index contributed by atoms with van der Waals surface area (Å²) in [4.78, 5) is 28.4. The Labute approximate surface area is 215 Å². The van der Waals surface area contributed by atoms with Crippen LogP contribution >= 0.6 is 11.6 Å². The van der Waals surface area contributed by atoms with Gasteiger partial charge in [-0.3, -0.25) is 14.5 Å². The molecule has 0 radical (unpaired) electrons. The number of ketones is 2. The molecular weight excluding hydrogens is 502 g/mol. The number of Topliss-reactive ketones (excluding diaryl/α,β-unsaturated/α-hetero) is 1. The second-order valence-electron chi connectivity index (χ2n) is 9.12. The van der Waals surface area contributed by atoms with Gasteiger partial charge in [-0.25, -0.2) is 13.1 Å². The van der Waals surface area contributed by atoms with Crippen molar-refractivity contribution in [1.29, 1.82) is 0 Å². The summed E-state index contributed by atoms with van der Waals surface area (Å²) in [6, 6.07) is 11.9. The van der Waals surface area contributed by atoms with Gasteiger partial charge in [0.15, 0.2) is 22.2 Å². The Morgan fingerprint density at radius 2 is 1.83 bits per heavy atom. The van der Waals surface area contributed by atoms with E-state index in [9.17, 15) is 18.0 Å². The maximum atomic E-state index is 13.7. The second kappa shape index (κ2) is 10.2. The SMILES string of the molecule is Cc1nn(C)c(OCC(=O)c2ccccc2)c1C(=O)c1ccc(S(C)(=O)=O)c(CN(C)C2CC2)c1Cl. The summed E-state index contributed by atoms with van der Waals surface area (Å²) in [6.07, 6.45) is 3.21. The first kappa shape index (κ1) is 26.1. The molecule has 0 spiro atoms. The van der Waals surface area contributed by atoms with E-state index in [-0.39, 0.29) is 39.3 Å². The van der Waals surface area contributed by atoms with E-state index in [0.29, 0.717) is 29.4 Å². The summed E-state index contributed by atoms with van der Waals surface area (Å²) >= 11 is 6.72.